The molecule has 88 valence electrons. The van der Waals surface area contributed by atoms with Crippen molar-refractivity contribution in [3.8, 4) is 0 Å². The minimum Gasteiger partial charge on any atom is -0.304 e. The SMILES string of the molecule is Cc1ccc(C(C)NCc2cccnn2)cc1. The molecule has 17 heavy (non-hydrogen) atoms. The molecule has 0 radical (unpaired) electrons. The predicted octanol–water partition coefficient (Wildman–Crippen LogP) is 2.64. The summed E-state index contributed by atoms with van der Waals surface area (Å²) in [7, 11) is 0. The fourth-order valence-corrected chi connectivity index (χ4v) is 1.66. The average molecular weight is 227 g/mol. The maximum absolute atomic E-state index is 4.05. The van der Waals surface area contributed by atoms with Gasteiger partial charge in [-0.15, -0.1) is 0 Å². The zero-order chi connectivity index (χ0) is 12.1. The van der Waals surface area contributed by atoms with E-state index < -0.39 is 0 Å². The number of hydrogen-bond donors (Lipinski definition) is 1. The first-order valence-electron chi connectivity index (χ1n) is 5.82. The van der Waals surface area contributed by atoms with Crippen LogP contribution in [0.4, 0.5) is 0 Å². The second-order valence-electron chi connectivity index (χ2n) is 4.23. The zero-order valence-corrected chi connectivity index (χ0v) is 10.2. The van der Waals surface area contributed by atoms with Crippen LogP contribution in [0.5, 0.6) is 0 Å². The molecule has 3 heteroatoms. The molecule has 0 aliphatic rings. The van der Waals surface area contributed by atoms with Gasteiger partial charge in [-0.2, -0.15) is 10.2 Å². The summed E-state index contributed by atoms with van der Waals surface area (Å²) in [6.07, 6.45) is 1.69. The summed E-state index contributed by atoms with van der Waals surface area (Å²) in [5, 5.41) is 11.3. The molecule has 1 heterocycles. The van der Waals surface area contributed by atoms with E-state index in [0.717, 1.165) is 12.2 Å². The Labute approximate surface area is 102 Å². The van der Waals surface area contributed by atoms with Crippen molar-refractivity contribution < 1.29 is 0 Å². The third-order valence-electron chi connectivity index (χ3n) is 2.79. The molecule has 1 atom stereocenters. The molecule has 0 fully saturated rings. The summed E-state index contributed by atoms with van der Waals surface area (Å²) in [6, 6.07) is 12.8. The van der Waals surface area contributed by atoms with Crippen molar-refractivity contribution in [1.82, 2.24) is 15.5 Å². The molecular formula is C14H17N3. The van der Waals surface area contributed by atoms with Crippen LogP contribution in [0, 0.1) is 6.92 Å². The first-order chi connectivity index (χ1) is 8.25. The number of aromatic nitrogens is 2. The average Bonchev–Trinajstić information content (AvgIpc) is 2.38. The first-order valence-corrected chi connectivity index (χ1v) is 5.82. The minimum atomic E-state index is 0.317. The molecule has 1 aromatic carbocycles. The van der Waals surface area contributed by atoms with E-state index in [4.69, 9.17) is 0 Å². The largest absolute Gasteiger partial charge is 0.304 e. The third kappa shape index (κ3) is 3.36. The van der Waals surface area contributed by atoms with Crippen molar-refractivity contribution in [2.45, 2.75) is 26.4 Å². The molecule has 0 saturated heterocycles. The standard InChI is InChI=1S/C14H17N3/c1-11-5-7-13(8-6-11)12(2)15-10-14-4-3-9-16-17-14/h3-9,12,15H,10H2,1-2H3. The number of rotatable bonds is 4. The maximum Gasteiger partial charge on any atom is 0.0769 e. The van der Waals surface area contributed by atoms with Gasteiger partial charge in [0.05, 0.1) is 5.69 Å². The van der Waals surface area contributed by atoms with Crippen LogP contribution in [0.1, 0.15) is 29.8 Å². The fraction of sp³-hybridized carbons (Fsp3) is 0.286. The summed E-state index contributed by atoms with van der Waals surface area (Å²) in [5.41, 5.74) is 3.54. The highest BCUT2D eigenvalue weighted by Gasteiger charge is 2.04. The summed E-state index contributed by atoms with van der Waals surface area (Å²) in [5.74, 6) is 0. The molecule has 2 rings (SSSR count). The molecule has 1 N–H and O–H groups in total. The molecular weight excluding hydrogens is 210 g/mol. The number of aryl methyl sites for hydroxylation is 1. The van der Waals surface area contributed by atoms with E-state index in [1.165, 1.54) is 11.1 Å². The van der Waals surface area contributed by atoms with Gasteiger partial charge in [0.1, 0.15) is 0 Å². The normalized spacial score (nSPS) is 12.4. The Bertz CT molecular complexity index is 451. The van der Waals surface area contributed by atoms with E-state index in [9.17, 15) is 0 Å². The lowest BCUT2D eigenvalue weighted by molar-refractivity contribution is 0.564. The molecule has 1 unspecified atom stereocenters. The van der Waals surface area contributed by atoms with Crippen molar-refractivity contribution in [2.24, 2.45) is 0 Å². The van der Waals surface area contributed by atoms with E-state index in [2.05, 4.69) is 53.6 Å². The molecule has 3 nitrogen and oxygen atoms in total. The minimum absolute atomic E-state index is 0.317. The van der Waals surface area contributed by atoms with Crippen LogP contribution in [0.2, 0.25) is 0 Å². The molecule has 0 bridgehead atoms. The van der Waals surface area contributed by atoms with Crippen molar-refractivity contribution in [2.75, 3.05) is 0 Å². The molecule has 0 spiro atoms. The number of nitrogens with zero attached hydrogens (tertiary/aromatic N) is 2. The fourth-order valence-electron chi connectivity index (χ4n) is 1.66. The Morgan fingerprint density at radius 3 is 2.59 bits per heavy atom. The van der Waals surface area contributed by atoms with Gasteiger partial charge in [-0.1, -0.05) is 29.8 Å². The van der Waals surface area contributed by atoms with Gasteiger partial charge in [0.2, 0.25) is 0 Å². The Balaban J connectivity index is 1.93. The summed E-state index contributed by atoms with van der Waals surface area (Å²) in [6.45, 7) is 4.99. The van der Waals surface area contributed by atoms with Crippen molar-refractivity contribution in [3.05, 3.63) is 59.4 Å². The zero-order valence-electron chi connectivity index (χ0n) is 10.2. The second-order valence-corrected chi connectivity index (χ2v) is 4.23. The van der Waals surface area contributed by atoms with Gasteiger partial charge in [-0.05, 0) is 31.5 Å². The topological polar surface area (TPSA) is 37.8 Å². The lowest BCUT2D eigenvalue weighted by atomic mass is 10.1. The van der Waals surface area contributed by atoms with E-state index >= 15 is 0 Å². The third-order valence-corrected chi connectivity index (χ3v) is 2.79. The first kappa shape index (κ1) is 11.7. The van der Waals surface area contributed by atoms with E-state index in [-0.39, 0.29) is 0 Å². The van der Waals surface area contributed by atoms with Crippen LogP contribution in [0.3, 0.4) is 0 Å². The highest BCUT2D eigenvalue weighted by atomic mass is 15.1. The van der Waals surface area contributed by atoms with Crippen LogP contribution in [-0.2, 0) is 6.54 Å². The molecule has 1 aromatic heterocycles. The summed E-state index contributed by atoms with van der Waals surface area (Å²) >= 11 is 0. The van der Waals surface area contributed by atoms with Crippen LogP contribution >= 0.6 is 0 Å². The summed E-state index contributed by atoms with van der Waals surface area (Å²) in [4.78, 5) is 0. The van der Waals surface area contributed by atoms with Crippen molar-refractivity contribution in [1.29, 1.82) is 0 Å². The van der Waals surface area contributed by atoms with Gasteiger partial charge >= 0.3 is 0 Å². The van der Waals surface area contributed by atoms with Gasteiger partial charge in [0.25, 0.3) is 0 Å². The lowest BCUT2D eigenvalue weighted by Crippen LogP contribution is -2.18. The van der Waals surface area contributed by atoms with Gasteiger partial charge in [-0.3, -0.25) is 0 Å². The maximum atomic E-state index is 4.05. The Hall–Kier alpha value is -1.74. The monoisotopic (exact) mass is 227 g/mol. The highest BCUT2D eigenvalue weighted by Crippen LogP contribution is 2.13. The lowest BCUT2D eigenvalue weighted by Gasteiger charge is -2.13. The second kappa shape index (κ2) is 5.55. The Kier molecular flexibility index (Phi) is 3.83. The van der Waals surface area contributed by atoms with Crippen LogP contribution in [-0.4, -0.2) is 10.2 Å². The van der Waals surface area contributed by atoms with Crippen molar-refractivity contribution >= 4 is 0 Å². The molecule has 0 aliphatic heterocycles. The van der Waals surface area contributed by atoms with Gasteiger partial charge < -0.3 is 5.32 Å². The number of benzene rings is 1. The molecule has 2 aromatic rings. The van der Waals surface area contributed by atoms with E-state index in [1.54, 1.807) is 6.20 Å². The van der Waals surface area contributed by atoms with Gasteiger partial charge in [0, 0.05) is 18.8 Å². The van der Waals surface area contributed by atoms with E-state index in [1.807, 2.05) is 12.1 Å². The van der Waals surface area contributed by atoms with Crippen LogP contribution in [0.15, 0.2) is 42.6 Å². The number of hydrogen-bond acceptors (Lipinski definition) is 3. The quantitative estimate of drug-likeness (QED) is 0.872. The molecule has 0 saturated carbocycles. The molecule has 0 amide bonds. The summed E-state index contributed by atoms with van der Waals surface area (Å²) < 4.78 is 0. The van der Waals surface area contributed by atoms with Crippen LogP contribution < -0.4 is 5.32 Å². The van der Waals surface area contributed by atoms with E-state index in [0.29, 0.717) is 6.04 Å². The Morgan fingerprint density at radius 1 is 1.18 bits per heavy atom. The van der Waals surface area contributed by atoms with Gasteiger partial charge in [-0.25, -0.2) is 0 Å². The van der Waals surface area contributed by atoms with Gasteiger partial charge in [0.15, 0.2) is 0 Å². The molecule has 0 aliphatic carbocycles. The number of nitrogens with one attached hydrogen (secondary N) is 1. The highest BCUT2D eigenvalue weighted by molar-refractivity contribution is 5.23. The smallest absolute Gasteiger partial charge is 0.0769 e. The van der Waals surface area contributed by atoms with Crippen LogP contribution in [0.25, 0.3) is 0 Å². The predicted molar refractivity (Wildman–Crippen MR) is 68.5 cm³/mol. The Morgan fingerprint density at radius 2 is 1.94 bits per heavy atom. The van der Waals surface area contributed by atoms with Crippen molar-refractivity contribution in [3.63, 3.8) is 0 Å².